The van der Waals surface area contributed by atoms with Crippen molar-refractivity contribution in [3.8, 4) is 22.6 Å². The smallest absolute Gasteiger partial charge is 0.264 e. The van der Waals surface area contributed by atoms with Gasteiger partial charge in [0.05, 0.1) is 17.1 Å². The van der Waals surface area contributed by atoms with Crippen molar-refractivity contribution in [1.82, 2.24) is 0 Å². The molecule has 0 unspecified atom stereocenters. The molecule has 8 aromatic carbocycles. The molecule has 83 heavy (non-hydrogen) atoms. The second-order valence-corrected chi connectivity index (χ2v) is 31.5. The third-order valence-electron chi connectivity index (χ3n) is 22.2. The number of hydrogen-bond donors (Lipinski definition) is 0. The van der Waals surface area contributed by atoms with Crippen LogP contribution in [0.15, 0.2) is 146 Å². The first-order chi connectivity index (χ1) is 39.4. The van der Waals surface area contributed by atoms with Crippen LogP contribution in [0.5, 0.6) is 11.5 Å². The average Bonchev–Trinajstić information content (AvgIpc) is 1.90. The summed E-state index contributed by atoms with van der Waals surface area (Å²) in [6.45, 7) is 34.3. The second-order valence-electron chi connectivity index (χ2n) is 30.4. The Kier molecular flexibility index (Phi) is 10.4. The summed E-state index contributed by atoms with van der Waals surface area (Å²) in [4.78, 5) is 7.87. The summed E-state index contributed by atoms with van der Waals surface area (Å²) in [5.41, 5.74) is 27.5. The van der Waals surface area contributed by atoms with Gasteiger partial charge in [-0.05, 0) is 211 Å². The van der Waals surface area contributed by atoms with Gasteiger partial charge in [-0.2, -0.15) is 0 Å². The zero-order valence-corrected chi connectivity index (χ0v) is 52.2. The SMILES string of the molecule is CC1(C)CCC(C)(C)c2cc(N3c4ccc5c(c4)N(c4cccc6c4B5c4sc5cc7c(cc5c4N6c4ccc5c(c4)C(C)(C)CCC5(C)C)C(C)(C)CCC7(C)C)c4c(ccc5c4-c4ccccc4C5(C)C)Oc4ccccc43)ccc21. The lowest BCUT2D eigenvalue weighted by atomic mass is 9.36. The number of para-hydroxylation sites is 2. The van der Waals surface area contributed by atoms with Gasteiger partial charge in [0.2, 0.25) is 0 Å². The van der Waals surface area contributed by atoms with E-state index in [4.69, 9.17) is 4.74 Å². The fourth-order valence-electron chi connectivity index (χ4n) is 16.9. The molecule has 0 saturated carbocycles. The average molecular weight is 1100 g/mol. The minimum Gasteiger partial charge on any atom is -0.453 e. The highest BCUT2D eigenvalue weighted by Crippen LogP contribution is 2.61. The normalized spacial score (nSPS) is 20.3. The first-order valence-corrected chi connectivity index (χ1v) is 31.8. The van der Waals surface area contributed by atoms with E-state index in [-0.39, 0.29) is 44.6 Å². The number of thiophene rings is 1. The van der Waals surface area contributed by atoms with Crippen molar-refractivity contribution in [2.24, 2.45) is 0 Å². The number of fused-ring (bicyclic) bond motifs is 17. The number of nitrogens with zero attached hydrogens (tertiary/aromatic N) is 3. The van der Waals surface area contributed by atoms with Crippen LogP contribution in [0, 0.1) is 0 Å². The van der Waals surface area contributed by atoms with Crippen LogP contribution in [-0.2, 0) is 37.9 Å². The lowest BCUT2D eigenvalue weighted by Gasteiger charge is -2.45. The highest BCUT2D eigenvalue weighted by atomic mass is 32.1. The van der Waals surface area contributed by atoms with Crippen molar-refractivity contribution in [3.63, 3.8) is 0 Å². The summed E-state index contributed by atoms with van der Waals surface area (Å²) in [5, 5.41) is 1.37. The third-order valence-corrected chi connectivity index (χ3v) is 23.4. The number of benzene rings is 8. The highest BCUT2D eigenvalue weighted by molar-refractivity contribution is 7.33. The molecule has 4 nitrogen and oxygen atoms in total. The van der Waals surface area contributed by atoms with E-state index < -0.39 is 0 Å². The van der Waals surface area contributed by atoms with Crippen LogP contribution < -0.4 is 35.1 Å². The summed E-state index contributed by atoms with van der Waals surface area (Å²) in [6, 6.07) is 57.5. The van der Waals surface area contributed by atoms with Crippen LogP contribution in [0.1, 0.15) is 180 Å². The van der Waals surface area contributed by atoms with E-state index in [0.29, 0.717) is 0 Å². The first kappa shape index (κ1) is 51.6. The molecule has 16 rings (SSSR count). The lowest BCUT2D eigenvalue weighted by Crippen LogP contribution is -2.60. The maximum absolute atomic E-state index is 7.73. The maximum atomic E-state index is 7.73. The Morgan fingerprint density at radius 3 is 1.54 bits per heavy atom. The molecule has 4 aliphatic carbocycles. The fourth-order valence-corrected chi connectivity index (χ4v) is 18.2. The quantitative estimate of drug-likeness (QED) is 0.161. The Morgan fingerprint density at radius 1 is 0.386 bits per heavy atom. The van der Waals surface area contributed by atoms with Gasteiger partial charge in [-0.25, -0.2) is 0 Å². The van der Waals surface area contributed by atoms with Gasteiger partial charge in [0.15, 0.2) is 11.5 Å². The van der Waals surface area contributed by atoms with Crippen LogP contribution in [0.4, 0.5) is 51.2 Å². The van der Waals surface area contributed by atoms with Gasteiger partial charge in [0.25, 0.3) is 6.71 Å². The third kappa shape index (κ3) is 7.05. The van der Waals surface area contributed by atoms with E-state index in [9.17, 15) is 0 Å². The van der Waals surface area contributed by atoms with E-state index in [0.717, 1.165) is 47.1 Å². The number of ether oxygens (including phenoxy) is 1. The summed E-state index contributed by atoms with van der Waals surface area (Å²) in [6.07, 6.45) is 7.01. The summed E-state index contributed by atoms with van der Waals surface area (Å²) < 4.78 is 10.5. The van der Waals surface area contributed by atoms with Gasteiger partial charge in [-0.1, -0.05) is 164 Å². The molecule has 0 spiro atoms. The lowest BCUT2D eigenvalue weighted by molar-refractivity contribution is 0.332. The molecule has 4 heterocycles. The van der Waals surface area contributed by atoms with Crippen LogP contribution >= 0.6 is 11.3 Å². The molecule has 6 heteroatoms. The van der Waals surface area contributed by atoms with Crippen molar-refractivity contribution in [2.45, 2.75) is 173 Å². The van der Waals surface area contributed by atoms with Crippen LogP contribution in [0.2, 0.25) is 0 Å². The molecule has 1 aromatic heterocycles. The predicted molar refractivity (Wildman–Crippen MR) is 354 cm³/mol. The molecule has 2 bridgehead atoms. The van der Waals surface area contributed by atoms with Gasteiger partial charge in [-0.15, -0.1) is 11.3 Å². The van der Waals surface area contributed by atoms with Crippen molar-refractivity contribution < 1.29 is 4.74 Å². The first-order valence-electron chi connectivity index (χ1n) is 31.0. The van der Waals surface area contributed by atoms with Crippen LogP contribution in [0.25, 0.3) is 21.2 Å². The molecule has 0 radical (unpaired) electrons. The molecule has 416 valence electrons. The number of anilines is 9. The Labute approximate surface area is 497 Å². The van der Waals surface area contributed by atoms with Crippen molar-refractivity contribution in [1.29, 1.82) is 0 Å². The van der Waals surface area contributed by atoms with Gasteiger partial charge in [0, 0.05) is 60.0 Å². The molecule has 0 amide bonds. The molecule has 9 aromatic rings. The summed E-state index contributed by atoms with van der Waals surface area (Å²) in [7, 11) is 0. The summed E-state index contributed by atoms with van der Waals surface area (Å²) in [5.74, 6) is 1.67. The van der Waals surface area contributed by atoms with E-state index >= 15 is 0 Å². The predicted octanol–water partition coefficient (Wildman–Crippen LogP) is 19.9. The largest absolute Gasteiger partial charge is 0.453 e. The van der Waals surface area contributed by atoms with E-state index in [1.807, 2.05) is 11.3 Å². The molecule has 0 saturated heterocycles. The van der Waals surface area contributed by atoms with E-state index in [1.165, 1.54) is 136 Å². The standard InChI is InChI=1S/C77H78BN3OS/c1-71(2)34-36-73(5,6)54-40-45(26-29-51(54)71)79-47-28-32-58-62(42-47)81(69-64(82-63-25-18-17-22-59(63)79)33-31-53-66(69)48-20-15-16-21-50(48)77(53,13)14)61-24-19-23-60-67(61)78(58)70-68(49-43-56-57(44-65(49)83-70)76(11,12)39-38-75(56,9)10)80(60)46-27-30-52-55(41-46)74(7,8)37-35-72(52,3)4/h15-33,40-44H,34-39H2,1-14H3. The van der Waals surface area contributed by atoms with E-state index in [1.54, 1.807) is 0 Å². The molecule has 3 aliphatic heterocycles. The van der Waals surface area contributed by atoms with Gasteiger partial charge in [-0.3, -0.25) is 0 Å². The van der Waals surface area contributed by atoms with Gasteiger partial charge >= 0.3 is 0 Å². The number of hydrogen-bond acceptors (Lipinski definition) is 5. The van der Waals surface area contributed by atoms with Crippen molar-refractivity contribution in [3.05, 3.63) is 190 Å². The highest BCUT2D eigenvalue weighted by Gasteiger charge is 2.50. The van der Waals surface area contributed by atoms with Crippen LogP contribution in [-0.4, -0.2) is 6.71 Å². The van der Waals surface area contributed by atoms with Crippen molar-refractivity contribution in [2.75, 3.05) is 14.7 Å². The summed E-state index contributed by atoms with van der Waals surface area (Å²) >= 11 is 2.04. The monoisotopic (exact) mass is 1100 g/mol. The second kappa shape index (κ2) is 16.7. The Hall–Kier alpha value is -7.02. The molecular weight excluding hydrogens is 1030 g/mol. The molecule has 7 aliphatic rings. The molecule has 0 N–H and O–H groups in total. The van der Waals surface area contributed by atoms with E-state index in [2.05, 4.69) is 257 Å². The zero-order chi connectivity index (χ0) is 57.4. The molecule has 0 atom stereocenters. The Morgan fingerprint density at radius 2 is 0.892 bits per heavy atom. The minimum absolute atomic E-state index is 0.0267. The topological polar surface area (TPSA) is 19.0 Å². The van der Waals surface area contributed by atoms with Gasteiger partial charge in [0.1, 0.15) is 0 Å². The van der Waals surface area contributed by atoms with Crippen molar-refractivity contribution >= 4 is 95.0 Å². The maximum Gasteiger partial charge on any atom is 0.264 e. The minimum atomic E-state index is -0.237. The Balaban J connectivity index is 1.02. The molecular formula is C77H78BN3OS. The molecule has 0 fully saturated rings. The fraction of sp³-hybridized carbons (Fsp3) is 0.351. The Bertz CT molecular complexity index is 4340. The number of rotatable bonds is 2. The zero-order valence-electron chi connectivity index (χ0n) is 51.3. The van der Waals surface area contributed by atoms with Gasteiger partial charge < -0.3 is 19.4 Å². The van der Waals surface area contributed by atoms with Crippen LogP contribution in [0.3, 0.4) is 0 Å².